The number of furan rings is 1. The maximum absolute atomic E-state index is 12.3. The summed E-state index contributed by atoms with van der Waals surface area (Å²) in [6.07, 6.45) is 1.65. The molecule has 3 heterocycles. The van der Waals surface area contributed by atoms with Crippen LogP contribution in [0.1, 0.15) is 16.6 Å². The van der Waals surface area contributed by atoms with Gasteiger partial charge in [0, 0.05) is 10.3 Å². The van der Waals surface area contributed by atoms with E-state index < -0.39 is 12.0 Å². The Morgan fingerprint density at radius 3 is 2.88 bits per heavy atom. The van der Waals surface area contributed by atoms with E-state index in [1.54, 1.807) is 23.8 Å². The van der Waals surface area contributed by atoms with E-state index in [1.807, 2.05) is 17.5 Å². The number of thiophene rings is 1. The molecule has 0 bridgehead atoms. The van der Waals surface area contributed by atoms with E-state index in [4.69, 9.17) is 9.15 Å². The number of rotatable bonds is 6. The Morgan fingerprint density at radius 1 is 1.33 bits per heavy atom. The molecular weight excluding hydrogens is 348 g/mol. The molecule has 1 N–H and O–H groups in total. The van der Waals surface area contributed by atoms with Gasteiger partial charge < -0.3 is 14.5 Å². The first kappa shape index (κ1) is 16.4. The fraction of sp³-hybridized carbons (Fsp3) is 0.188. The molecule has 3 rings (SSSR count). The van der Waals surface area contributed by atoms with Crippen molar-refractivity contribution in [3.8, 4) is 10.8 Å². The van der Waals surface area contributed by atoms with Gasteiger partial charge in [-0.15, -0.1) is 22.7 Å². The van der Waals surface area contributed by atoms with Crippen LogP contribution in [0.3, 0.4) is 0 Å². The first-order valence-electron chi connectivity index (χ1n) is 7.06. The Hall–Kier alpha value is -2.45. The molecule has 6 nitrogen and oxygen atoms in total. The number of ether oxygens (including phenoxy) is 1. The number of amides is 1. The molecule has 0 aliphatic rings. The fourth-order valence-corrected chi connectivity index (χ4v) is 3.65. The van der Waals surface area contributed by atoms with E-state index in [2.05, 4.69) is 10.3 Å². The molecule has 0 unspecified atom stereocenters. The maximum atomic E-state index is 12.3. The van der Waals surface area contributed by atoms with Crippen LogP contribution in [0, 0.1) is 0 Å². The van der Waals surface area contributed by atoms with Crippen molar-refractivity contribution >= 4 is 34.6 Å². The third-order valence-corrected chi connectivity index (χ3v) is 5.04. The third kappa shape index (κ3) is 3.72. The van der Waals surface area contributed by atoms with Crippen molar-refractivity contribution in [1.82, 2.24) is 10.3 Å². The second-order valence-electron chi connectivity index (χ2n) is 4.84. The number of nitrogens with zero attached hydrogens (tertiary/aromatic N) is 1. The van der Waals surface area contributed by atoms with E-state index in [0.29, 0.717) is 16.5 Å². The SMILES string of the molecule is COC(=O)[C@H](NC(=O)Cc1csc(-c2ccco2)n1)c1cccs1. The van der Waals surface area contributed by atoms with Crippen LogP contribution in [0.15, 0.2) is 45.7 Å². The Kier molecular flexibility index (Phi) is 5.07. The zero-order chi connectivity index (χ0) is 16.9. The molecule has 3 aromatic heterocycles. The highest BCUT2D eigenvalue weighted by Crippen LogP contribution is 2.24. The van der Waals surface area contributed by atoms with Crippen LogP contribution in [0.5, 0.6) is 0 Å². The van der Waals surface area contributed by atoms with Crippen LogP contribution in [0.25, 0.3) is 10.8 Å². The maximum Gasteiger partial charge on any atom is 0.333 e. The molecule has 1 atom stereocenters. The van der Waals surface area contributed by atoms with Crippen molar-refractivity contribution in [2.24, 2.45) is 0 Å². The Morgan fingerprint density at radius 2 is 2.21 bits per heavy atom. The summed E-state index contributed by atoms with van der Waals surface area (Å²) in [4.78, 5) is 29.3. The molecule has 0 spiro atoms. The molecule has 0 saturated heterocycles. The molecule has 24 heavy (non-hydrogen) atoms. The topological polar surface area (TPSA) is 81.4 Å². The summed E-state index contributed by atoms with van der Waals surface area (Å²) in [6.45, 7) is 0. The van der Waals surface area contributed by atoms with Crippen LogP contribution in [0.2, 0.25) is 0 Å². The van der Waals surface area contributed by atoms with Crippen LogP contribution < -0.4 is 5.32 Å². The normalized spacial score (nSPS) is 11.9. The Labute approximate surface area is 146 Å². The standard InChI is InChI=1S/C16H14N2O4S2/c1-21-16(20)14(12-5-3-7-23-12)18-13(19)8-10-9-24-15(17-10)11-4-2-6-22-11/h2-7,9,14H,8H2,1H3,(H,18,19)/t14-/m1/s1. The summed E-state index contributed by atoms with van der Waals surface area (Å²) in [7, 11) is 1.30. The zero-order valence-electron chi connectivity index (χ0n) is 12.7. The minimum Gasteiger partial charge on any atom is -0.467 e. The number of aromatic nitrogens is 1. The molecule has 1 amide bonds. The monoisotopic (exact) mass is 362 g/mol. The van der Waals surface area contributed by atoms with Gasteiger partial charge in [0.25, 0.3) is 0 Å². The van der Waals surface area contributed by atoms with Crippen LogP contribution in [-0.2, 0) is 20.7 Å². The fourth-order valence-electron chi connectivity index (χ4n) is 2.10. The Balaban J connectivity index is 1.67. The molecule has 0 aliphatic heterocycles. The van der Waals surface area contributed by atoms with Gasteiger partial charge in [0.15, 0.2) is 16.8 Å². The molecule has 0 fully saturated rings. The minimum atomic E-state index is -0.800. The molecule has 0 saturated carbocycles. The van der Waals surface area contributed by atoms with Crippen molar-refractivity contribution in [2.45, 2.75) is 12.5 Å². The second kappa shape index (κ2) is 7.41. The lowest BCUT2D eigenvalue weighted by Gasteiger charge is -2.14. The molecule has 0 radical (unpaired) electrons. The molecule has 124 valence electrons. The van der Waals surface area contributed by atoms with E-state index in [1.165, 1.54) is 29.8 Å². The smallest absolute Gasteiger partial charge is 0.333 e. The van der Waals surface area contributed by atoms with Crippen molar-refractivity contribution < 1.29 is 18.7 Å². The van der Waals surface area contributed by atoms with Crippen molar-refractivity contribution in [3.05, 3.63) is 51.9 Å². The predicted molar refractivity (Wildman–Crippen MR) is 90.7 cm³/mol. The van der Waals surface area contributed by atoms with Gasteiger partial charge in [-0.1, -0.05) is 6.07 Å². The molecule has 0 aliphatic carbocycles. The number of hydrogen-bond acceptors (Lipinski definition) is 7. The molecule has 0 aromatic carbocycles. The zero-order valence-corrected chi connectivity index (χ0v) is 14.4. The minimum absolute atomic E-state index is 0.0794. The van der Waals surface area contributed by atoms with Crippen LogP contribution in [-0.4, -0.2) is 24.0 Å². The van der Waals surface area contributed by atoms with Crippen molar-refractivity contribution in [1.29, 1.82) is 0 Å². The van der Waals surface area contributed by atoms with E-state index >= 15 is 0 Å². The largest absolute Gasteiger partial charge is 0.467 e. The molecule has 3 aromatic rings. The third-order valence-electron chi connectivity index (χ3n) is 3.20. The average Bonchev–Trinajstić information content (AvgIpc) is 3.32. The van der Waals surface area contributed by atoms with Crippen LogP contribution >= 0.6 is 22.7 Å². The predicted octanol–water partition coefficient (Wildman–Crippen LogP) is 3.04. The van der Waals surface area contributed by atoms with E-state index in [9.17, 15) is 9.59 Å². The number of hydrogen-bond donors (Lipinski definition) is 1. The molecular formula is C16H14N2O4S2. The van der Waals surface area contributed by atoms with Gasteiger partial charge in [0.2, 0.25) is 5.91 Å². The number of carbonyl (C=O) groups excluding carboxylic acids is 2. The lowest BCUT2D eigenvalue weighted by molar-refractivity contribution is -0.145. The van der Waals surface area contributed by atoms with Gasteiger partial charge in [-0.05, 0) is 23.6 Å². The van der Waals surface area contributed by atoms with Gasteiger partial charge in [0.1, 0.15) is 0 Å². The lowest BCUT2D eigenvalue weighted by Crippen LogP contribution is -2.35. The highest BCUT2D eigenvalue weighted by atomic mass is 32.1. The van der Waals surface area contributed by atoms with Crippen molar-refractivity contribution in [2.75, 3.05) is 7.11 Å². The second-order valence-corrected chi connectivity index (χ2v) is 6.67. The first-order chi connectivity index (χ1) is 11.7. The lowest BCUT2D eigenvalue weighted by atomic mass is 10.2. The van der Waals surface area contributed by atoms with E-state index in [0.717, 1.165) is 4.88 Å². The van der Waals surface area contributed by atoms with Crippen molar-refractivity contribution in [3.63, 3.8) is 0 Å². The summed E-state index contributed by atoms with van der Waals surface area (Å²) in [6, 6.07) is 6.39. The summed E-state index contributed by atoms with van der Waals surface area (Å²) >= 11 is 2.79. The summed E-state index contributed by atoms with van der Waals surface area (Å²) in [5.74, 6) is -0.131. The van der Waals surface area contributed by atoms with Gasteiger partial charge >= 0.3 is 5.97 Å². The van der Waals surface area contributed by atoms with Gasteiger partial charge in [-0.3, -0.25) is 4.79 Å². The summed E-state index contributed by atoms with van der Waals surface area (Å²) < 4.78 is 10.1. The highest BCUT2D eigenvalue weighted by Gasteiger charge is 2.24. The van der Waals surface area contributed by atoms with Crippen LogP contribution in [0.4, 0.5) is 0 Å². The van der Waals surface area contributed by atoms with E-state index in [-0.39, 0.29) is 12.3 Å². The van der Waals surface area contributed by atoms with Gasteiger partial charge in [-0.2, -0.15) is 0 Å². The summed E-state index contributed by atoms with van der Waals surface area (Å²) in [5, 5.41) is 7.06. The van der Waals surface area contributed by atoms with Gasteiger partial charge in [0.05, 0.1) is 25.5 Å². The number of carbonyl (C=O) groups is 2. The average molecular weight is 362 g/mol. The number of esters is 1. The Bertz CT molecular complexity index is 809. The quantitative estimate of drug-likeness (QED) is 0.682. The van der Waals surface area contributed by atoms with Gasteiger partial charge in [-0.25, -0.2) is 9.78 Å². The number of thiazole rings is 1. The number of nitrogens with one attached hydrogen (secondary N) is 1. The summed E-state index contributed by atoms with van der Waals surface area (Å²) in [5.41, 5.74) is 0.624. The molecule has 8 heteroatoms. The first-order valence-corrected chi connectivity index (χ1v) is 8.82. The number of methoxy groups -OCH3 is 1. The highest BCUT2D eigenvalue weighted by molar-refractivity contribution is 7.13.